The van der Waals surface area contributed by atoms with Gasteiger partial charge < -0.3 is 0 Å². The van der Waals surface area contributed by atoms with Crippen LogP contribution in [0.25, 0.3) is 0 Å². The number of hydrogen-bond donors (Lipinski definition) is 0. The van der Waals surface area contributed by atoms with Gasteiger partial charge in [0.2, 0.25) is 0 Å². The normalized spacial score (nSPS) is 34.4. The van der Waals surface area contributed by atoms with E-state index >= 15 is 0 Å². The van der Waals surface area contributed by atoms with Crippen LogP contribution in [0.4, 0.5) is 0 Å². The van der Waals surface area contributed by atoms with Gasteiger partial charge in [0, 0.05) is 24.7 Å². The van der Waals surface area contributed by atoms with E-state index < -0.39 is 0 Å². The van der Waals surface area contributed by atoms with Crippen LogP contribution in [0.2, 0.25) is 0 Å². The van der Waals surface area contributed by atoms with E-state index in [0.717, 1.165) is 38.5 Å². The van der Waals surface area contributed by atoms with Gasteiger partial charge in [-0.25, -0.2) is 0 Å². The topological polar surface area (TPSA) is 34.1 Å². The van der Waals surface area contributed by atoms with Crippen LogP contribution < -0.4 is 0 Å². The summed E-state index contributed by atoms with van der Waals surface area (Å²) < 4.78 is 0. The van der Waals surface area contributed by atoms with Crippen molar-refractivity contribution in [2.24, 2.45) is 23.7 Å². The smallest absolute Gasteiger partial charge is 0.136 e. The summed E-state index contributed by atoms with van der Waals surface area (Å²) in [4.78, 5) is 23.5. The molecule has 0 aromatic rings. The number of Topliss-reactive ketones (excluding diaryl/α,β-unsaturated/α-hetero) is 2. The van der Waals surface area contributed by atoms with E-state index in [2.05, 4.69) is 13.8 Å². The molecular formula is C14H22O2. The predicted octanol–water partition coefficient (Wildman–Crippen LogP) is 3.00. The molecule has 2 rings (SSSR count). The van der Waals surface area contributed by atoms with E-state index in [4.69, 9.17) is 0 Å². The minimum absolute atomic E-state index is 0.239. The summed E-state index contributed by atoms with van der Waals surface area (Å²) in [6, 6.07) is 0. The standard InChI is InChI=1S/C14H22O2/c1-9(11-5-3-7-13(11)15)10(2)12-6-4-8-14(12)16/h9-12H,3-8H2,1-2H3. The zero-order chi connectivity index (χ0) is 11.7. The van der Waals surface area contributed by atoms with E-state index in [1.54, 1.807) is 0 Å². The molecule has 0 N–H and O–H groups in total. The average molecular weight is 222 g/mol. The number of carbonyl (C=O) groups is 2. The van der Waals surface area contributed by atoms with Crippen molar-refractivity contribution < 1.29 is 9.59 Å². The zero-order valence-electron chi connectivity index (χ0n) is 10.4. The van der Waals surface area contributed by atoms with Gasteiger partial charge in [0.05, 0.1) is 0 Å². The average Bonchev–Trinajstić information content (AvgIpc) is 2.85. The van der Waals surface area contributed by atoms with Gasteiger partial charge in [-0.3, -0.25) is 9.59 Å². The summed E-state index contributed by atoms with van der Waals surface area (Å²) in [5.41, 5.74) is 0. The second kappa shape index (κ2) is 4.68. The molecule has 2 aliphatic carbocycles. The molecule has 0 heterocycles. The zero-order valence-corrected chi connectivity index (χ0v) is 10.4. The van der Waals surface area contributed by atoms with Gasteiger partial charge in [-0.15, -0.1) is 0 Å². The second-order valence-electron chi connectivity index (χ2n) is 5.65. The van der Waals surface area contributed by atoms with Crippen LogP contribution in [0, 0.1) is 23.7 Å². The molecule has 0 aromatic carbocycles. The lowest BCUT2D eigenvalue weighted by Gasteiger charge is -2.28. The number of rotatable bonds is 3. The molecule has 0 saturated heterocycles. The molecule has 2 heteroatoms. The molecule has 16 heavy (non-hydrogen) atoms. The first kappa shape index (κ1) is 11.8. The number of carbonyl (C=O) groups excluding carboxylic acids is 2. The molecule has 2 saturated carbocycles. The lowest BCUT2D eigenvalue weighted by atomic mass is 9.75. The fourth-order valence-electron chi connectivity index (χ4n) is 3.53. The number of hydrogen-bond acceptors (Lipinski definition) is 2. The Labute approximate surface area is 97.8 Å². The summed E-state index contributed by atoms with van der Waals surface area (Å²) >= 11 is 0. The van der Waals surface area contributed by atoms with Crippen molar-refractivity contribution in [3.05, 3.63) is 0 Å². The fourth-order valence-corrected chi connectivity index (χ4v) is 3.53. The van der Waals surface area contributed by atoms with Gasteiger partial charge in [0.1, 0.15) is 11.6 Å². The van der Waals surface area contributed by atoms with Crippen LogP contribution in [-0.4, -0.2) is 11.6 Å². The first-order valence-electron chi connectivity index (χ1n) is 6.66. The van der Waals surface area contributed by atoms with Crippen LogP contribution in [0.1, 0.15) is 52.4 Å². The summed E-state index contributed by atoms with van der Waals surface area (Å²) in [7, 11) is 0. The monoisotopic (exact) mass is 222 g/mol. The Bertz CT molecular complexity index is 265. The lowest BCUT2D eigenvalue weighted by Crippen LogP contribution is -2.29. The third-order valence-electron chi connectivity index (χ3n) is 4.80. The van der Waals surface area contributed by atoms with E-state index in [0.29, 0.717) is 23.4 Å². The molecule has 0 radical (unpaired) electrons. The molecule has 4 unspecified atom stereocenters. The van der Waals surface area contributed by atoms with Crippen molar-refractivity contribution in [2.75, 3.05) is 0 Å². The Morgan fingerprint density at radius 3 is 1.50 bits per heavy atom. The summed E-state index contributed by atoms with van der Waals surface area (Å²) in [5, 5.41) is 0. The Hall–Kier alpha value is -0.660. The highest BCUT2D eigenvalue weighted by molar-refractivity contribution is 5.84. The van der Waals surface area contributed by atoms with Crippen LogP contribution in [0.15, 0.2) is 0 Å². The first-order chi connectivity index (χ1) is 7.61. The summed E-state index contributed by atoms with van der Waals surface area (Å²) in [6.07, 6.45) is 5.73. The Morgan fingerprint density at radius 1 is 0.875 bits per heavy atom. The molecule has 0 bridgehead atoms. The Kier molecular flexibility index (Phi) is 3.46. The molecule has 2 aliphatic rings. The van der Waals surface area contributed by atoms with E-state index in [1.165, 1.54) is 0 Å². The van der Waals surface area contributed by atoms with E-state index in [9.17, 15) is 9.59 Å². The highest BCUT2D eigenvalue weighted by Crippen LogP contribution is 2.39. The fraction of sp³-hybridized carbons (Fsp3) is 0.857. The minimum Gasteiger partial charge on any atom is -0.299 e. The third-order valence-corrected chi connectivity index (χ3v) is 4.80. The van der Waals surface area contributed by atoms with E-state index in [-0.39, 0.29) is 11.8 Å². The lowest BCUT2D eigenvalue weighted by molar-refractivity contribution is -0.126. The Morgan fingerprint density at radius 2 is 1.25 bits per heavy atom. The number of ketones is 2. The molecule has 0 amide bonds. The van der Waals surface area contributed by atoms with Gasteiger partial charge in [-0.2, -0.15) is 0 Å². The quantitative estimate of drug-likeness (QED) is 0.735. The van der Waals surface area contributed by atoms with Crippen molar-refractivity contribution in [3.8, 4) is 0 Å². The SMILES string of the molecule is CC(C1CCCC1=O)C(C)C1CCCC1=O. The first-order valence-corrected chi connectivity index (χ1v) is 6.66. The Balaban J connectivity index is 2.00. The van der Waals surface area contributed by atoms with Crippen molar-refractivity contribution >= 4 is 11.6 Å². The molecule has 0 aliphatic heterocycles. The third kappa shape index (κ3) is 2.07. The van der Waals surface area contributed by atoms with Gasteiger partial charge in [0.25, 0.3) is 0 Å². The molecule has 0 aromatic heterocycles. The van der Waals surface area contributed by atoms with Crippen LogP contribution in [0.3, 0.4) is 0 Å². The van der Waals surface area contributed by atoms with Crippen LogP contribution >= 0.6 is 0 Å². The highest BCUT2D eigenvalue weighted by Gasteiger charge is 2.38. The molecule has 0 spiro atoms. The maximum atomic E-state index is 11.7. The van der Waals surface area contributed by atoms with Gasteiger partial charge >= 0.3 is 0 Å². The predicted molar refractivity (Wildman–Crippen MR) is 63.0 cm³/mol. The van der Waals surface area contributed by atoms with Gasteiger partial charge in [-0.05, 0) is 37.5 Å². The van der Waals surface area contributed by atoms with Crippen LogP contribution in [0.5, 0.6) is 0 Å². The van der Waals surface area contributed by atoms with Crippen molar-refractivity contribution in [1.82, 2.24) is 0 Å². The molecule has 2 nitrogen and oxygen atoms in total. The molecule has 4 atom stereocenters. The van der Waals surface area contributed by atoms with Crippen molar-refractivity contribution in [1.29, 1.82) is 0 Å². The van der Waals surface area contributed by atoms with Crippen molar-refractivity contribution in [2.45, 2.75) is 52.4 Å². The summed E-state index contributed by atoms with van der Waals surface area (Å²) in [6.45, 7) is 4.34. The van der Waals surface area contributed by atoms with Crippen molar-refractivity contribution in [3.63, 3.8) is 0 Å². The van der Waals surface area contributed by atoms with Gasteiger partial charge in [0.15, 0.2) is 0 Å². The molecular weight excluding hydrogens is 200 g/mol. The maximum Gasteiger partial charge on any atom is 0.136 e. The molecule has 2 fully saturated rings. The minimum atomic E-state index is 0.239. The highest BCUT2D eigenvalue weighted by atomic mass is 16.1. The largest absolute Gasteiger partial charge is 0.299 e. The maximum absolute atomic E-state index is 11.7. The van der Waals surface area contributed by atoms with E-state index in [1.807, 2.05) is 0 Å². The van der Waals surface area contributed by atoms with Gasteiger partial charge in [-0.1, -0.05) is 13.8 Å². The second-order valence-corrected chi connectivity index (χ2v) is 5.65. The molecule has 90 valence electrons. The van der Waals surface area contributed by atoms with Crippen LogP contribution in [-0.2, 0) is 9.59 Å². The summed E-state index contributed by atoms with van der Waals surface area (Å²) in [5.74, 6) is 2.13.